The van der Waals surface area contributed by atoms with Crippen LogP contribution in [0.25, 0.3) is 5.57 Å². The summed E-state index contributed by atoms with van der Waals surface area (Å²) < 4.78 is 64.6. The van der Waals surface area contributed by atoms with Gasteiger partial charge in [-0.15, -0.1) is 0 Å². The summed E-state index contributed by atoms with van der Waals surface area (Å²) in [5.74, 6) is -2.95. The summed E-state index contributed by atoms with van der Waals surface area (Å²) in [6.07, 6.45) is 6.13. The molecule has 0 bridgehead atoms. The summed E-state index contributed by atoms with van der Waals surface area (Å²) in [6.45, 7) is 8.01. The average molecular weight is 880 g/mol. The Morgan fingerprint density at radius 2 is 1.48 bits per heavy atom. The normalized spacial score (nSPS) is 43.2. The number of ketones is 2. The Balaban J connectivity index is 1.14. The van der Waals surface area contributed by atoms with E-state index in [1.165, 1.54) is 12.1 Å². The second-order valence-corrected chi connectivity index (χ2v) is 19.7. The molecule has 2 saturated carbocycles. The van der Waals surface area contributed by atoms with Crippen molar-refractivity contribution in [3.8, 4) is 0 Å². The van der Waals surface area contributed by atoms with Gasteiger partial charge in [-0.05, 0) is 132 Å². The molecule has 8 rings (SSSR count). The van der Waals surface area contributed by atoms with Crippen LogP contribution in [0.4, 0.5) is 4.39 Å². The minimum Gasteiger partial charge on any atom is -0.462 e. The van der Waals surface area contributed by atoms with E-state index in [1.54, 1.807) is 33.5 Å². The van der Waals surface area contributed by atoms with Crippen LogP contribution in [0, 0.1) is 53.2 Å². The van der Waals surface area contributed by atoms with Gasteiger partial charge in [0.1, 0.15) is 30.2 Å². The van der Waals surface area contributed by atoms with E-state index in [1.807, 2.05) is 20.8 Å². The lowest BCUT2D eigenvalue weighted by atomic mass is 9.57. The Morgan fingerprint density at radius 3 is 2.13 bits per heavy atom. The van der Waals surface area contributed by atoms with Crippen LogP contribution in [-0.2, 0) is 52.3 Å². The highest BCUT2D eigenvalue weighted by molar-refractivity contribution is 6.24. The number of fused-ring (bicyclic) bond motifs is 8. The highest BCUT2D eigenvalue weighted by Gasteiger charge is 2.62. The van der Waals surface area contributed by atoms with Crippen molar-refractivity contribution in [3.63, 3.8) is 0 Å². The highest BCUT2D eigenvalue weighted by Crippen LogP contribution is 2.63. The molecule has 13 heteroatoms. The molecule has 0 amide bonds. The maximum Gasteiger partial charge on any atom is 0.306 e. The van der Waals surface area contributed by atoms with Crippen LogP contribution in [0.3, 0.4) is 0 Å². The lowest BCUT2D eigenvalue weighted by Crippen LogP contribution is -2.59. The van der Waals surface area contributed by atoms with Crippen LogP contribution >= 0.6 is 0 Å². The zero-order valence-corrected chi connectivity index (χ0v) is 38.6. The van der Waals surface area contributed by atoms with Gasteiger partial charge in [-0.1, -0.05) is 38.1 Å². The molecule has 3 heterocycles. The second-order valence-electron chi connectivity index (χ2n) is 19.7. The van der Waals surface area contributed by atoms with Crippen LogP contribution in [-0.4, -0.2) is 125 Å². The third kappa shape index (κ3) is 9.03. The Labute approximate surface area is 372 Å². The first kappa shape index (κ1) is 46.6. The van der Waals surface area contributed by atoms with Crippen molar-refractivity contribution in [1.82, 2.24) is 4.90 Å². The zero-order valence-electron chi connectivity index (χ0n) is 38.6. The minimum atomic E-state index is -0.726. The largest absolute Gasteiger partial charge is 0.462 e. The van der Waals surface area contributed by atoms with E-state index in [4.69, 9.17) is 37.9 Å². The van der Waals surface area contributed by atoms with Crippen molar-refractivity contribution in [2.45, 2.75) is 153 Å². The van der Waals surface area contributed by atoms with Crippen LogP contribution in [0.2, 0.25) is 0 Å². The number of rotatable bonds is 10. The van der Waals surface area contributed by atoms with Gasteiger partial charge in [0.15, 0.2) is 24.1 Å². The SMILES string of the molecule is CC[C@H]1CCC[C@H](O[C@H]2CC[C@H](N(C)C)C(C)O2)[C@@H](C)C(=O)C2=C[C@H]3[C@@H]4C[C@H](O[C@@H]5OC(C)[C@H](OC)C(OC)[C@@H]5OC)C[C@H]4C4C=C(c5ccc(F)cc5)C(=O)C4[C@H]3[C@@H]2CC(=O)O1. The maximum atomic E-state index is 15.2. The van der Waals surface area contributed by atoms with E-state index < -0.39 is 48.6 Å². The number of ether oxygens (including phenoxy) is 8. The minimum absolute atomic E-state index is 0.00471. The molecule has 0 aromatic heterocycles. The number of esters is 1. The number of nitrogens with zero attached hydrogens (tertiary/aromatic N) is 1. The van der Waals surface area contributed by atoms with E-state index in [9.17, 15) is 9.18 Å². The summed E-state index contributed by atoms with van der Waals surface area (Å²) >= 11 is 0. The van der Waals surface area contributed by atoms with Crippen molar-refractivity contribution in [3.05, 3.63) is 53.4 Å². The third-order valence-electron chi connectivity index (χ3n) is 16.1. The number of likely N-dealkylation sites (N-methyl/N-ethyl adjacent to an activating group) is 1. The number of carbonyl (C=O) groups is 3. The van der Waals surface area contributed by atoms with E-state index in [-0.39, 0.29) is 95.9 Å². The Hall–Kier alpha value is -2.88. The van der Waals surface area contributed by atoms with Gasteiger partial charge < -0.3 is 42.8 Å². The van der Waals surface area contributed by atoms with Crippen LogP contribution in [0.5, 0.6) is 0 Å². The van der Waals surface area contributed by atoms with Gasteiger partial charge in [0.2, 0.25) is 0 Å². The van der Waals surface area contributed by atoms with Gasteiger partial charge in [0.05, 0.1) is 30.8 Å². The van der Waals surface area contributed by atoms with Gasteiger partial charge in [-0.25, -0.2) is 4.39 Å². The summed E-state index contributed by atoms with van der Waals surface area (Å²) in [5, 5.41) is 0. The first-order valence-electron chi connectivity index (χ1n) is 23.6. The smallest absolute Gasteiger partial charge is 0.306 e. The molecule has 3 aliphatic heterocycles. The topological polar surface area (TPSA) is 128 Å². The number of cyclic esters (lactones) is 1. The van der Waals surface area contributed by atoms with Gasteiger partial charge in [-0.3, -0.25) is 14.4 Å². The molecule has 348 valence electrons. The molecule has 12 nitrogen and oxygen atoms in total. The number of methoxy groups -OCH3 is 3. The lowest BCUT2D eigenvalue weighted by molar-refractivity contribution is -0.314. The monoisotopic (exact) mass is 879 g/mol. The molecule has 4 aliphatic carbocycles. The van der Waals surface area contributed by atoms with Crippen molar-refractivity contribution in [2.24, 2.45) is 47.3 Å². The van der Waals surface area contributed by atoms with Crippen LogP contribution < -0.4 is 0 Å². The molecule has 7 aliphatic rings. The van der Waals surface area contributed by atoms with E-state index >= 15 is 9.59 Å². The Morgan fingerprint density at radius 1 is 0.778 bits per heavy atom. The highest BCUT2D eigenvalue weighted by atomic mass is 19.1. The summed E-state index contributed by atoms with van der Waals surface area (Å²) in [6, 6.07) is 6.38. The van der Waals surface area contributed by atoms with E-state index in [2.05, 4.69) is 38.1 Å². The molecule has 0 spiro atoms. The van der Waals surface area contributed by atoms with E-state index in [0.717, 1.165) is 19.3 Å². The molecule has 63 heavy (non-hydrogen) atoms. The lowest BCUT2D eigenvalue weighted by Gasteiger charge is -2.45. The Kier molecular flexibility index (Phi) is 14.5. The number of hydrogen-bond donors (Lipinski definition) is 0. The van der Waals surface area contributed by atoms with Crippen LogP contribution in [0.15, 0.2) is 42.0 Å². The summed E-state index contributed by atoms with van der Waals surface area (Å²) in [7, 11) is 9.02. The number of hydrogen-bond acceptors (Lipinski definition) is 12. The van der Waals surface area contributed by atoms with Crippen molar-refractivity contribution < 1.29 is 56.7 Å². The van der Waals surface area contributed by atoms with Gasteiger partial charge in [0.25, 0.3) is 0 Å². The van der Waals surface area contributed by atoms with E-state index in [0.29, 0.717) is 48.8 Å². The standard InChI is InChI=1S/C50H70FNO11/c1-10-30-12-11-13-40(63-42-19-18-39(52(5)6)26(3)59-42)25(2)45(54)38-23-35-33-20-31(62-50-49(58-9)48(57-8)47(56-7)27(4)60-50)21-34(33)36-22-32(28-14-16-29(51)17-15-28)46(55)44(36)43(35)37(38)24-41(53)61-30/h14-17,22-23,25-27,30-31,33-37,39-40,42-44,47-50H,10-13,18-21,24H2,1-9H3/t25-,26?,27?,30+,31+,33-,34-,35+,36?,37-,39+,40+,42+,43-,44?,47+,48?,49+,50+/m1/s1. The second kappa shape index (κ2) is 19.5. The molecule has 1 aromatic carbocycles. The number of allylic oxidation sites excluding steroid dienone is 4. The first-order valence-corrected chi connectivity index (χ1v) is 23.6. The predicted octanol–water partition coefficient (Wildman–Crippen LogP) is 6.97. The zero-order chi connectivity index (χ0) is 44.9. The molecule has 1 aromatic rings. The molecule has 3 saturated heterocycles. The molecule has 0 radical (unpaired) electrons. The molecule has 5 unspecified atom stereocenters. The number of carbonyl (C=O) groups excluding carboxylic acids is 3. The molecule has 5 fully saturated rings. The average Bonchev–Trinajstić information content (AvgIpc) is 3.95. The van der Waals surface area contributed by atoms with Gasteiger partial charge in [-0.2, -0.15) is 0 Å². The van der Waals surface area contributed by atoms with Gasteiger partial charge in [0, 0.05) is 50.7 Å². The first-order chi connectivity index (χ1) is 30.3. The van der Waals surface area contributed by atoms with Crippen molar-refractivity contribution in [2.75, 3.05) is 35.4 Å². The quantitative estimate of drug-likeness (QED) is 0.225. The maximum absolute atomic E-state index is 15.2. The molecular formula is C50H70FNO11. The molecular weight excluding hydrogens is 810 g/mol. The van der Waals surface area contributed by atoms with Crippen molar-refractivity contribution >= 4 is 23.1 Å². The fraction of sp³-hybridized carbons (Fsp3) is 0.740. The van der Waals surface area contributed by atoms with Crippen LogP contribution in [0.1, 0.15) is 91.0 Å². The molecule has 19 atom stereocenters. The summed E-state index contributed by atoms with van der Waals surface area (Å²) in [5.41, 5.74) is 1.83. The third-order valence-corrected chi connectivity index (χ3v) is 16.1. The summed E-state index contributed by atoms with van der Waals surface area (Å²) in [4.78, 5) is 46.5. The number of Topliss-reactive ketones (excluding diaryl/α,β-unsaturated/α-hetero) is 2. The predicted molar refractivity (Wildman–Crippen MR) is 231 cm³/mol. The molecule has 0 N–H and O–H groups in total. The van der Waals surface area contributed by atoms with Crippen molar-refractivity contribution in [1.29, 1.82) is 0 Å². The fourth-order valence-corrected chi connectivity index (χ4v) is 13.0. The van der Waals surface area contributed by atoms with Gasteiger partial charge >= 0.3 is 5.97 Å². The fourth-order valence-electron chi connectivity index (χ4n) is 13.0. The Bertz CT molecular complexity index is 1870. The number of benzene rings is 1. The number of halogens is 1.